The molecule has 3 aliphatic rings. The van der Waals surface area contributed by atoms with E-state index in [1.54, 1.807) is 14.2 Å². The Morgan fingerprint density at radius 1 is 0.920 bits per heavy atom. The molecule has 0 radical (unpaired) electrons. The molecular weight excluding hydrogens is 318 g/mol. The van der Waals surface area contributed by atoms with E-state index in [4.69, 9.17) is 18.9 Å². The van der Waals surface area contributed by atoms with Gasteiger partial charge in [-0.2, -0.15) is 0 Å². The molecule has 0 aromatic heterocycles. The van der Waals surface area contributed by atoms with Gasteiger partial charge in [0.15, 0.2) is 23.0 Å². The van der Waals surface area contributed by atoms with E-state index in [1.807, 2.05) is 0 Å². The van der Waals surface area contributed by atoms with E-state index in [1.165, 1.54) is 22.3 Å². The number of hydrogen-bond donors (Lipinski definition) is 0. The number of ether oxygens (including phenoxy) is 4. The van der Waals surface area contributed by atoms with Crippen molar-refractivity contribution in [1.82, 2.24) is 4.90 Å². The van der Waals surface area contributed by atoms with Crippen molar-refractivity contribution in [3.63, 3.8) is 0 Å². The van der Waals surface area contributed by atoms with Gasteiger partial charge in [0.25, 0.3) is 0 Å². The summed E-state index contributed by atoms with van der Waals surface area (Å²) in [6, 6.07) is 8.98. The summed E-state index contributed by atoms with van der Waals surface area (Å²) >= 11 is 0. The van der Waals surface area contributed by atoms with Crippen LogP contribution < -0.4 is 18.9 Å². The van der Waals surface area contributed by atoms with Crippen LogP contribution in [0.5, 0.6) is 23.0 Å². The second-order valence-corrected chi connectivity index (χ2v) is 6.82. The predicted octanol–water partition coefficient (Wildman–Crippen LogP) is 3.09. The summed E-state index contributed by atoms with van der Waals surface area (Å²) in [6.45, 7) is 2.33. The van der Waals surface area contributed by atoms with Crippen molar-refractivity contribution in [2.75, 3.05) is 27.6 Å². The first-order valence-electron chi connectivity index (χ1n) is 8.67. The third-order valence-corrected chi connectivity index (χ3v) is 5.60. The molecule has 5 heteroatoms. The van der Waals surface area contributed by atoms with Crippen LogP contribution in [0.1, 0.15) is 28.3 Å². The SMILES string of the molecule is COc1cc2c(cc1OC)CN1CCc3cc4c(cc3C1C2)OCO4. The van der Waals surface area contributed by atoms with Crippen molar-refractivity contribution in [2.24, 2.45) is 0 Å². The first-order valence-corrected chi connectivity index (χ1v) is 8.67. The van der Waals surface area contributed by atoms with E-state index < -0.39 is 0 Å². The average molecular weight is 339 g/mol. The third-order valence-electron chi connectivity index (χ3n) is 5.60. The number of benzene rings is 2. The van der Waals surface area contributed by atoms with Gasteiger partial charge in [-0.1, -0.05) is 0 Å². The zero-order chi connectivity index (χ0) is 17.0. The average Bonchev–Trinajstić information content (AvgIpc) is 3.11. The summed E-state index contributed by atoms with van der Waals surface area (Å²) in [7, 11) is 3.38. The van der Waals surface area contributed by atoms with E-state index in [0.717, 1.165) is 48.9 Å². The molecule has 0 bridgehead atoms. The van der Waals surface area contributed by atoms with E-state index in [-0.39, 0.29) is 0 Å². The molecule has 0 saturated carbocycles. The van der Waals surface area contributed by atoms with Gasteiger partial charge in [0.2, 0.25) is 6.79 Å². The van der Waals surface area contributed by atoms with Gasteiger partial charge in [0, 0.05) is 19.1 Å². The van der Waals surface area contributed by atoms with Crippen molar-refractivity contribution < 1.29 is 18.9 Å². The van der Waals surface area contributed by atoms with Crippen molar-refractivity contribution in [3.8, 4) is 23.0 Å². The molecule has 5 nitrogen and oxygen atoms in total. The highest BCUT2D eigenvalue weighted by atomic mass is 16.7. The highest BCUT2D eigenvalue weighted by molar-refractivity contribution is 5.53. The van der Waals surface area contributed by atoms with Gasteiger partial charge in [-0.15, -0.1) is 0 Å². The van der Waals surface area contributed by atoms with Gasteiger partial charge in [0.05, 0.1) is 14.2 Å². The molecule has 2 aromatic carbocycles. The minimum absolute atomic E-state index is 0.326. The summed E-state index contributed by atoms with van der Waals surface area (Å²) in [6.07, 6.45) is 2.02. The van der Waals surface area contributed by atoms with Crippen LogP contribution in [-0.4, -0.2) is 32.5 Å². The summed E-state index contributed by atoms with van der Waals surface area (Å²) in [4.78, 5) is 2.55. The molecule has 0 N–H and O–H groups in total. The quantitative estimate of drug-likeness (QED) is 0.841. The highest BCUT2D eigenvalue weighted by Gasteiger charge is 2.34. The number of fused-ring (bicyclic) bond motifs is 5. The van der Waals surface area contributed by atoms with Crippen LogP contribution in [0.3, 0.4) is 0 Å². The standard InChI is InChI=1S/C20H21NO4/c1-22-17-7-13-5-16-15-9-20-19(24-11-25-20)6-12(15)3-4-21(16)10-14(13)8-18(17)23-2/h6-9,16H,3-5,10-11H2,1-2H3. The zero-order valence-corrected chi connectivity index (χ0v) is 14.5. The molecular formula is C20H21NO4. The third kappa shape index (κ3) is 2.26. The Bertz CT molecular complexity index is 848. The van der Waals surface area contributed by atoms with Gasteiger partial charge < -0.3 is 18.9 Å². The molecule has 130 valence electrons. The molecule has 0 fully saturated rings. The van der Waals surface area contributed by atoms with Crippen molar-refractivity contribution in [3.05, 3.63) is 46.5 Å². The fraction of sp³-hybridized carbons (Fsp3) is 0.400. The molecule has 0 amide bonds. The number of nitrogens with zero attached hydrogens (tertiary/aromatic N) is 1. The normalized spacial score (nSPS) is 20.5. The largest absolute Gasteiger partial charge is 0.493 e. The lowest BCUT2D eigenvalue weighted by Crippen LogP contribution is -2.39. The van der Waals surface area contributed by atoms with Crippen molar-refractivity contribution in [1.29, 1.82) is 0 Å². The van der Waals surface area contributed by atoms with E-state index >= 15 is 0 Å². The molecule has 25 heavy (non-hydrogen) atoms. The Kier molecular flexibility index (Phi) is 3.31. The molecule has 0 aliphatic carbocycles. The van der Waals surface area contributed by atoms with Gasteiger partial charge in [-0.05, 0) is 59.4 Å². The number of rotatable bonds is 2. The smallest absolute Gasteiger partial charge is 0.231 e. The Hall–Kier alpha value is -2.40. The molecule has 2 aromatic rings. The molecule has 3 heterocycles. The molecule has 1 unspecified atom stereocenters. The maximum Gasteiger partial charge on any atom is 0.231 e. The number of methoxy groups -OCH3 is 2. The monoisotopic (exact) mass is 339 g/mol. The fourth-order valence-electron chi connectivity index (χ4n) is 4.30. The lowest BCUT2D eigenvalue weighted by molar-refractivity contribution is 0.160. The van der Waals surface area contributed by atoms with E-state index in [9.17, 15) is 0 Å². The maximum absolute atomic E-state index is 5.60. The van der Waals surface area contributed by atoms with Gasteiger partial charge >= 0.3 is 0 Å². The predicted molar refractivity (Wildman–Crippen MR) is 92.7 cm³/mol. The zero-order valence-electron chi connectivity index (χ0n) is 14.5. The molecule has 0 saturated heterocycles. The molecule has 5 rings (SSSR count). The summed E-state index contributed by atoms with van der Waals surface area (Å²) < 4.78 is 22.1. The van der Waals surface area contributed by atoms with Crippen LogP contribution in [0.4, 0.5) is 0 Å². The van der Waals surface area contributed by atoms with Gasteiger partial charge in [-0.3, -0.25) is 4.90 Å². The van der Waals surface area contributed by atoms with Crippen LogP contribution in [0.25, 0.3) is 0 Å². The Morgan fingerprint density at radius 3 is 2.40 bits per heavy atom. The van der Waals surface area contributed by atoms with Crippen LogP contribution in [0, 0.1) is 0 Å². The minimum Gasteiger partial charge on any atom is -0.493 e. The highest BCUT2D eigenvalue weighted by Crippen LogP contribution is 2.45. The van der Waals surface area contributed by atoms with Gasteiger partial charge in [0.1, 0.15) is 0 Å². The second-order valence-electron chi connectivity index (χ2n) is 6.82. The Labute approximate surface area is 147 Å². The fourth-order valence-corrected chi connectivity index (χ4v) is 4.30. The first-order chi connectivity index (χ1) is 12.3. The Balaban J connectivity index is 1.56. The molecule has 0 spiro atoms. The van der Waals surface area contributed by atoms with Gasteiger partial charge in [-0.25, -0.2) is 0 Å². The van der Waals surface area contributed by atoms with Crippen molar-refractivity contribution >= 4 is 0 Å². The second kappa shape index (κ2) is 5.56. The minimum atomic E-state index is 0.326. The molecule has 1 atom stereocenters. The number of hydrogen-bond acceptors (Lipinski definition) is 5. The lowest BCUT2D eigenvalue weighted by atomic mass is 9.83. The summed E-state index contributed by atoms with van der Waals surface area (Å²) in [5.74, 6) is 3.37. The van der Waals surface area contributed by atoms with Crippen LogP contribution in [0.2, 0.25) is 0 Å². The topological polar surface area (TPSA) is 40.2 Å². The van der Waals surface area contributed by atoms with E-state index in [0.29, 0.717) is 12.8 Å². The van der Waals surface area contributed by atoms with E-state index in [2.05, 4.69) is 29.2 Å². The first kappa shape index (κ1) is 14.9. The van der Waals surface area contributed by atoms with Crippen LogP contribution in [0.15, 0.2) is 24.3 Å². The summed E-state index contributed by atoms with van der Waals surface area (Å²) in [5.41, 5.74) is 5.42. The van der Waals surface area contributed by atoms with Crippen molar-refractivity contribution in [2.45, 2.75) is 25.4 Å². The maximum atomic E-state index is 5.60. The van der Waals surface area contributed by atoms with Crippen LogP contribution in [-0.2, 0) is 19.4 Å². The Morgan fingerprint density at radius 2 is 1.64 bits per heavy atom. The summed E-state index contributed by atoms with van der Waals surface area (Å²) in [5, 5.41) is 0. The van der Waals surface area contributed by atoms with Crippen LogP contribution >= 0.6 is 0 Å². The lowest BCUT2D eigenvalue weighted by Gasteiger charge is -2.41. The molecule has 3 aliphatic heterocycles.